The van der Waals surface area contributed by atoms with Crippen molar-refractivity contribution in [2.24, 2.45) is 0 Å². The van der Waals surface area contributed by atoms with Gasteiger partial charge in [0.05, 0.1) is 16.2 Å². The summed E-state index contributed by atoms with van der Waals surface area (Å²) in [6, 6.07) is 17.5. The normalized spacial score (nSPS) is 18.2. The van der Waals surface area contributed by atoms with E-state index in [0.29, 0.717) is 11.6 Å². The van der Waals surface area contributed by atoms with Crippen LogP contribution < -0.4 is 4.90 Å². The number of anilines is 1. The number of hydrogen-bond donors (Lipinski definition) is 0. The molecule has 0 aliphatic carbocycles. The number of nitrogens with zero attached hydrogens (tertiary/aromatic N) is 4. The molecule has 2 aromatic carbocycles. The van der Waals surface area contributed by atoms with E-state index in [9.17, 15) is 15.4 Å². The third-order valence-electron chi connectivity index (χ3n) is 4.98. The molecule has 6 heteroatoms. The minimum atomic E-state index is -0.462. The average molecular weight is 350 g/mol. The fourth-order valence-corrected chi connectivity index (χ4v) is 3.40. The van der Waals surface area contributed by atoms with Crippen LogP contribution in [0.2, 0.25) is 0 Å². The van der Waals surface area contributed by atoms with Crippen molar-refractivity contribution in [2.45, 2.75) is 25.9 Å². The second kappa shape index (κ2) is 7.98. The summed E-state index contributed by atoms with van der Waals surface area (Å²) >= 11 is 0. The second-order valence-electron chi connectivity index (χ2n) is 6.65. The number of hydrogen-bond acceptors (Lipinski definition) is 5. The summed E-state index contributed by atoms with van der Waals surface area (Å²) in [6.45, 7) is 5.65. The molecule has 0 bridgehead atoms. The Morgan fingerprint density at radius 1 is 1.19 bits per heavy atom. The SMILES string of the molecule is CC1CCN(c2ccc([N+](=O)[O-])cc2C#N)CCN1Cc1ccccc1. The highest BCUT2D eigenvalue weighted by Gasteiger charge is 2.23. The highest BCUT2D eigenvalue weighted by molar-refractivity contribution is 5.63. The van der Waals surface area contributed by atoms with Gasteiger partial charge in [-0.15, -0.1) is 0 Å². The van der Waals surface area contributed by atoms with Gasteiger partial charge in [-0.25, -0.2) is 0 Å². The Balaban J connectivity index is 1.76. The maximum absolute atomic E-state index is 10.9. The van der Waals surface area contributed by atoms with E-state index in [1.54, 1.807) is 6.07 Å². The number of benzene rings is 2. The molecule has 0 spiro atoms. The van der Waals surface area contributed by atoms with Gasteiger partial charge < -0.3 is 4.90 Å². The molecule has 1 saturated heterocycles. The van der Waals surface area contributed by atoms with Crippen LogP contribution in [0.15, 0.2) is 48.5 Å². The van der Waals surface area contributed by atoms with Gasteiger partial charge in [0.1, 0.15) is 6.07 Å². The van der Waals surface area contributed by atoms with Crippen LogP contribution in [0.25, 0.3) is 0 Å². The summed E-state index contributed by atoms with van der Waals surface area (Å²) in [5.74, 6) is 0. The van der Waals surface area contributed by atoms with Crippen LogP contribution in [0.4, 0.5) is 11.4 Å². The zero-order valence-electron chi connectivity index (χ0n) is 14.8. The lowest BCUT2D eigenvalue weighted by molar-refractivity contribution is -0.384. The highest BCUT2D eigenvalue weighted by Crippen LogP contribution is 2.27. The lowest BCUT2D eigenvalue weighted by atomic mass is 10.1. The summed E-state index contributed by atoms with van der Waals surface area (Å²) in [7, 11) is 0. The molecule has 6 nitrogen and oxygen atoms in total. The molecule has 0 amide bonds. The molecule has 1 fully saturated rings. The van der Waals surface area contributed by atoms with Crippen molar-refractivity contribution in [1.82, 2.24) is 4.90 Å². The maximum atomic E-state index is 10.9. The largest absolute Gasteiger partial charge is 0.369 e. The van der Waals surface area contributed by atoms with E-state index < -0.39 is 4.92 Å². The fourth-order valence-electron chi connectivity index (χ4n) is 3.40. The Morgan fingerprint density at radius 2 is 1.96 bits per heavy atom. The zero-order chi connectivity index (χ0) is 18.5. The summed E-state index contributed by atoms with van der Waals surface area (Å²) in [4.78, 5) is 15.1. The first-order valence-corrected chi connectivity index (χ1v) is 8.80. The van der Waals surface area contributed by atoms with Gasteiger partial charge in [-0.05, 0) is 25.0 Å². The van der Waals surface area contributed by atoms with Gasteiger partial charge in [-0.1, -0.05) is 30.3 Å². The predicted molar refractivity (Wildman–Crippen MR) is 101 cm³/mol. The van der Waals surface area contributed by atoms with Crippen LogP contribution in [0.5, 0.6) is 0 Å². The van der Waals surface area contributed by atoms with Crippen LogP contribution >= 0.6 is 0 Å². The molecule has 3 rings (SSSR count). The van der Waals surface area contributed by atoms with Gasteiger partial charge in [0.25, 0.3) is 5.69 Å². The van der Waals surface area contributed by atoms with Gasteiger partial charge >= 0.3 is 0 Å². The first-order valence-electron chi connectivity index (χ1n) is 8.80. The van der Waals surface area contributed by atoms with E-state index in [2.05, 4.69) is 47.1 Å². The van der Waals surface area contributed by atoms with Crippen LogP contribution in [0.1, 0.15) is 24.5 Å². The molecule has 2 aromatic rings. The van der Waals surface area contributed by atoms with E-state index in [4.69, 9.17) is 0 Å². The Hall–Kier alpha value is -2.91. The van der Waals surface area contributed by atoms with Crippen LogP contribution in [-0.2, 0) is 6.54 Å². The number of rotatable bonds is 4. The van der Waals surface area contributed by atoms with Gasteiger partial charge in [0.15, 0.2) is 0 Å². The van der Waals surface area contributed by atoms with Crippen molar-refractivity contribution in [3.05, 3.63) is 69.8 Å². The second-order valence-corrected chi connectivity index (χ2v) is 6.65. The van der Waals surface area contributed by atoms with Crippen molar-refractivity contribution in [1.29, 1.82) is 5.26 Å². The van der Waals surface area contributed by atoms with Gasteiger partial charge in [0.2, 0.25) is 0 Å². The minimum Gasteiger partial charge on any atom is -0.369 e. The van der Waals surface area contributed by atoms with Crippen molar-refractivity contribution in [2.75, 3.05) is 24.5 Å². The molecule has 1 aliphatic rings. The summed E-state index contributed by atoms with van der Waals surface area (Å²) < 4.78 is 0. The number of nitro benzene ring substituents is 1. The molecule has 0 radical (unpaired) electrons. The molecule has 1 heterocycles. The van der Waals surface area contributed by atoms with Crippen molar-refractivity contribution >= 4 is 11.4 Å². The van der Waals surface area contributed by atoms with E-state index in [1.807, 2.05) is 6.07 Å². The van der Waals surface area contributed by atoms with Crippen LogP contribution in [-0.4, -0.2) is 35.5 Å². The predicted octanol–water partition coefficient (Wildman–Crippen LogP) is 3.57. The smallest absolute Gasteiger partial charge is 0.270 e. The van der Waals surface area contributed by atoms with Crippen LogP contribution in [0.3, 0.4) is 0 Å². The Bertz CT molecular complexity index is 816. The minimum absolute atomic E-state index is 0.0424. The quantitative estimate of drug-likeness (QED) is 0.622. The first kappa shape index (κ1) is 17.9. The topological polar surface area (TPSA) is 73.4 Å². The molecular weight excluding hydrogens is 328 g/mol. The zero-order valence-corrected chi connectivity index (χ0v) is 14.8. The number of non-ortho nitro benzene ring substituents is 1. The molecule has 1 unspecified atom stereocenters. The lowest BCUT2D eigenvalue weighted by Gasteiger charge is -2.26. The monoisotopic (exact) mass is 350 g/mol. The van der Waals surface area contributed by atoms with E-state index in [-0.39, 0.29) is 5.69 Å². The lowest BCUT2D eigenvalue weighted by Crippen LogP contribution is -2.34. The van der Waals surface area contributed by atoms with E-state index in [1.165, 1.54) is 17.7 Å². The number of nitro groups is 1. The summed E-state index contributed by atoms with van der Waals surface area (Å²) in [5.41, 5.74) is 2.40. The Labute approximate surface area is 153 Å². The molecule has 0 aromatic heterocycles. The Morgan fingerprint density at radius 3 is 2.65 bits per heavy atom. The number of nitriles is 1. The summed E-state index contributed by atoms with van der Waals surface area (Å²) in [6.07, 6.45) is 0.981. The van der Waals surface area contributed by atoms with Crippen molar-refractivity contribution in [3.8, 4) is 6.07 Å². The van der Waals surface area contributed by atoms with E-state index >= 15 is 0 Å². The van der Waals surface area contributed by atoms with Gasteiger partial charge in [-0.2, -0.15) is 5.26 Å². The Kier molecular flexibility index (Phi) is 5.49. The molecule has 0 N–H and O–H groups in total. The molecule has 134 valence electrons. The third kappa shape index (κ3) is 4.01. The standard InChI is InChI=1S/C20H22N4O2/c1-16-9-10-22(11-12-23(16)15-17-5-3-2-4-6-17)20-8-7-19(24(25)26)13-18(20)14-21/h2-8,13,16H,9-12,15H2,1H3. The van der Waals surface area contributed by atoms with Gasteiger partial charge in [-0.3, -0.25) is 15.0 Å². The fraction of sp³-hybridized carbons (Fsp3) is 0.350. The maximum Gasteiger partial charge on any atom is 0.270 e. The summed E-state index contributed by atoms with van der Waals surface area (Å²) in [5, 5.41) is 20.4. The van der Waals surface area contributed by atoms with Gasteiger partial charge in [0, 0.05) is 44.4 Å². The van der Waals surface area contributed by atoms with Crippen LogP contribution in [0, 0.1) is 21.4 Å². The molecule has 1 aliphatic heterocycles. The van der Waals surface area contributed by atoms with Crippen molar-refractivity contribution in [3.63, 3.8) is 0 Å². The highest BCUT2D eigenvalue weighted by atomic mass is 16.6. The molecule has 1 atom stereocenters. The molecule has 26 heavy (non-hydrogen) atoms. The molecular formula is C20H22N4O2. The third-order valence-corrected chi connectivity index (χ3v) is 4.98. The van der Waals surface area contributed by atoms with E-state index in [0.717, 1.165) is 38.3 Å². The van der Waals surface area contributed by atoms with Crippen molar-refractivity contribution < 1.29 is 4.92 Å². The first-order chi connectivity index (χ1) is 12.6. The molecule has 0 saturated carbocycles. The average Bonchev–Trinajstić information content (AvgIpc) is 2.84.